The van der Waals surface area contributed by atoms with Gasteiger partial charge in [-0.2, -0.15) is 0 Å². The molecule has 0 atom stereocenters. The normalized spacial score (nSPS) is 10.9. The minimum atomic E-state index is -3.84. The number of hydrogen-bond acceptors (Lipinski definition) is 5. The van der Waals surface area contributed by atoms with Crippen LogP contribution in [0.4, 0.5) is 10.1 Å². The second-order valence-electron chi connectivity index (χ2n) is 7.17. The molecule has 3 N–H and O–H groups in total. The molecule has 33 heavy (non-hydrogen) atoms. The van der Waals surface area contributed by atoms with Gasteiger partial charge in [0.05, 0.1) is 4.90 Å². The zero-order chi connectivity index (χ0) is 24.0. The van der Waals surface area contributed by atoms with Crippen LogP contribution in [0, 0.1) is 19.7 Å². The first-order valence-corrected chi connectivity index (χ1v) is 11.3. The van der Waals surface area contributed by atoms with Crippen LogP contribution in [-0.2, 0) is 14.8 Å². The number of halogens is 1. The number of anilines is 1. The van der Waals surface area contributed by atoms with E-state index >= 15 is 0 Å². The fraction of sp³-hybridized carbons (Fsp3) is 0.130. The molecule has 0 fully saturated rings. The van der Waals surface area contributed by atoms with E-state index in [9.17, 15) is 22.4 Å². The summed E-state index contributed by atoms with van der Waals surface area (Å²) in [6.45, 7) is 3.42. The lowest BCUT2D eigenvalue weighted by molar-refractivity contribution is -0.123. The molecule has 0 aliphatic carbocycles. The number of carbonyl (C=O) groups is 2. The Morgan fingerprint density at radius 1 is 0.879 bits per heavy atom. The van der Waals surface area contributed by atoms with Crippen molar-refractivity contribution in [3.63, 3.8) is 0 Å². The summed E-state index contributed by atoms with van der Waals surface area (Å²) >= 11 is 0. The second-order valence-corrected chi connectivity index (χ2v) is 8.86. The predicted molar refractivity (Wildman–Crippen MR) is 121 cm³/mol. The zero-order valence-corrected chi connectivity index (χ0v) is 18.7. The van der Waals surface area contributed by atoms with Gasteiger partial charge in [-0.25, -0.2) is 12.8 Å². The maximum absolute atomic E-state index is 12.9. The fourth-order valence-electron chi connectivity index (χ4n) is 2.72. The summed E-state index contributed by atoms with van der Waals surface area (Å²) in [4.78, 5) is 24.0. The first kappa shape index (κ1) is 23.7. The molecular weight excluding hydrogens is 449 g/mol. The minimum Gasteiger partial charge on any atom is -0.484 e. The Balaban J connectivity index is 1.54. The number of ether oxygens (including phenoxy) is 1. The van der Waals surface area contributed by atoms with Crippen LogP contribution < -0.4 is 20.3 Å². The average molecular weight is 472 g/mol. The van der Waals surface area contributed by atoms with E-state index in [0.29, 0.717) is 11.4 Å². The molecule has 0 aliphatic heterocycles. The smallest absolute Gasteiger partial charge is 0.276 e. The van der Waals surface area contributed by atoms with Gasteiger partial charge in [-0.3, -0.25) is 25.2 Å². The highest BCUT2D eigenvalue weighted by atomic mass is 32.2. The van der Waals surface area contributed by atoms with Crippen LogP contribution in [0.5, 0.6) is 5.75 Å². The average Bonchev–Trinajstić information content (AvgIpc) is 2.79. The van der Waals surface area contributed by atoms with Gasteiger partial charge in [0.1, 0.15) is 11.6 Å². The highest BCUT2D eigenvalue weighted by Crippen LogP contribution is 2.19. The number of nitrogens with one attached hydrogen (secondary N) is 3. The summed E-state index contributed by atoms with van der Waals surface area (Å²) in [5.41, 5.74) is 6.96. The lowest BCUT2D eigenvalue weighted by Crippen LogP contribution is -2.43. The molecule has 2 amide bonds. The number of amides is 2. The predicted octanol–water partition coefficient (Wildman–Crippen LogP) is 3.08. The van der Waals surface area contributed by atoms with Crippen molar-refractivity contribution < 1.29 is 27.1 Å². The molecule has 3 aromatic rings. The fourth-order valence-corrected chi connectivity index (χ4v) is 3.77. The van der Waals surface area contributed by atoms with E-state index in [-0.39, 0.29) is 10.5 Å². The lowest BCUT2D eigenvalue weighted by atomic mass is 10.1. The third-order valence-corrected chi connectivity index (χ3v) is 6.08. The van der Waals surface area contributed by atoms with Gasteiger partial charge >= 0.3 is 0 Å². The maximum Gasteiger partial charge on any atom is 0.276 e. The van der Waals surface area contributed by atoms with Gasteiger partial charge in [-0.1, -0.05) is 6.07 Å². The Morgan fingerprint density at radius 3 is 2.18 bits per heavy atom. The van der Waals surface area contributed by atoms with Crippen LogP contribution in [0.15, 0.2) is 71.6 Å². The van der Waals surface area contributed by atoms with Crippen LogP contribution in [0.1, 0.15) is 21.5 Å². The Kier molecular flexibility index (Phi) is 7.29. The van der Waals surface area contributed by atoms with E-state index < -0.39 is 34.3 Å². The van der Waals surface area contributed by atoms with Crippen molar-refractivity contribution in [3.05, 3.63) is 89.2 Å². The Bertz CT molecular complexity index is 1260. The Labute approximate surface area is 190 Å². The topological polar surface area (TPSA) is 114 Å². The Hall–Kier alpha value is -3.92. The number of sulfonamides is 1. The molecule has 0 radical (unpaired) electrons. The van der Waals surface area contributed by atoms with Crippen molar-refractivity contribution in [2.75, 3.05) is 11.3 Å². The molecule has 0 aliphatic rings. The summed E-state index contributed by atoms with van der Waals surface area (Å²) in [7, 11) is -3.84. The van der Waals surface area contributed by atoms with Crippen molar-refractivity contribution in [3.8, 4) is 5.75 Å². The molecule has 3 rings (SSSR count). The van der Waals surface area contributed by atoms with E-state index in [1.54, 1.807) is 12.1 Å². The monoisotopic (exact) mass is 471 g/mol. The van der Waals surface area contributed by atoms with Crippen LogP contribution in [-0.4, -0.2) is 26.8 Å². The van der Waals surface area contributed by atoms with E-state index in [4.69, 9.17) is 4.74 Å². The van der Waals surface area contributed by atoms with Crippen LogP contribution >= 0.6 is 0 Å². The van der Waals surface area contributed by atoms with Gasteiger partial charge in [0, 0.05) is 11.3 Å². The lowest BCUT2D eigenvalue weighted by Gasteiger charge is -2.11. The summed E-state index contributed by atoms with van der Waals surface area (Å²) in [6.07, 6.45) is 0. The number of aryl methyl sites for hydroxylation is 2. The number of carbonyl (C=O) groups excluding carboxylic acids is 2. The number of rotatable bonds is 7. The van der Waals surface area contributed by atoms with Gasteiger partial charge < -0.3 is 4.74 Å². The first-order chi connectivity index (χ1) is 15.6. The number of hydrogen-bond donors (Lipinski definition) is 3. The van der Waals surface area contributed by atoms with E-state index in [1.165, 1.54) is 48.5 Å². The molecule has 0 spiro atoms. The Morgan fingerprint density at radius 2 is 1.55 bits per heavy atom. The number of hydrazine groups is 1. The van der Waals surface area contributed by atoms with E-state index in [0.717, 1.165) is 11.1 Å². The third-order valence-electron chi connectivity index (χ3n) is 4.68. The van der Waals surface area contributed by atoms with Crippen LogP contribution in [0.25, 0.3) is 0 Å². The molecule has 172 valence electrons. The molecule has 0 bridgehead atoms. The van der Waals surface area contributed by atoms with Gasteiger partial charge in [0.15, 0.2) is 6.61 Å². The van der Waals surface area contributed by atoms with Crippen molar-refractivity contribution >= 4 is 27.5 Å². The largest absolute Gasteiger partial charge is 0.484 e. The summed E-state index contributed by atoms with van der Waals surface area (Å²) in [6, 6.07) is 15.6. The highest BCUT2D eigenvalue weighted by Gasteiger charge is 2.16. The highest BCUT2D eigenvalue weighted by molar-refractivity contribution is 7.92. The summed E-state index contributed by atoms with van der Waals surface area (Å²) in [5.74, 6) is -1.41. The molecule has 10 heteroatoms. The molecule has 0 aromatic heterocycles. The molecule has 0 saturated carbocycles. The van der Waals surface area contributed by atoms with E-state index in [2.05, 4.69) is 15.6 Å². The third kappa shape index (κ3) is 6.53. The molecule has 0 heterocycles. The molecular formula is C23H22FN3O5S. The van der Waals surface area contributed by atoms with Gasteiger partial charge in [-0.15, -0.1) is 0 Å². The first-order valence-electron chi connectivity index (χ1n) is 9.82. The summed E-state index contributed by atoms with van der Waals surface area (Å²) in [5, 5.41) is 0. The van der Waals surface area contributed by atoms with Crippen molar-refractivity contribution in [1.29, 1.82) is 0 Å². The number of benzene rings is 3. The summed E-state index contributed by atoms with van der Waals surface area (Å²) < 4.78 is 45.7. The molecule has 0 unspecified atom stereocenters. The molecule has 8 nitrogen and oxygen atoms in total. The maximum atomic E-state index is 12.9. The standard InChI is InChI=1S/C23H22FN3O5S/c1-15-3-8-19(13-16(15)2)27-33(30,31)21-11-4-17(5-12-21)23(29)26-25-22(28)14-32-20-9-6-18(24)7-10-20/h3-13,27H,14H2,1-2H3,(H,25,28)(H,26,29). The van der Waals surface area contributed by atoms with Crippen molar-refractivity contribution in [2.45, 2.75) is 18.7 Å². The van der Waals surface area contributed by atoms with Gasteiger partial charge in [0.25, 0.3) is 21.8 Å². The zero-order valence-electron chi connectivity index (χ0n) is 17.9. The van der Waals surface area contributed by atoms with E-state index in [1.807, 2.05) is 19.9 Å². The van der Waals surface area contributed by atoms with Crippen LogP contribution in [0.2, 0.25) is 0 Å². The van der Waals surface area contributed by atoms with Crippen LogP contribution in [0.3, 0.4) is 0 Å². The SMILES string of the molecule is Cc1ccc(NS(=O)(=O)c2ccc(C(=O)NNC(=O)COc3ccc(F)cc3)cc2)cc1C. The van der Waals surface area contributed by atoms with Gasteiger partial charge in [0.2, 0.25) is 0 Å². The second kappa shape index (κ2) is 10.1. The van der Waals surface area contributed by atoms with Crippen molar-refractivity contribution in [2.24, 2.45) is 0 Å². The molecule has 0 saturated heterocycles. The quantitative estimate of drug-likeness (QED) is 0.459. The minimum absolute atomic E-state index is 0.0194. The molecule has 3 aromatic carbocycles. The van der Waals surface area contributed by atoms with Crippen molar-refractivity contribution in [1.82, 2.24) is 10.9 Å². The van der Waals surface area contributed by atoms with Gasteiger partial charge in [-0.05, 0) is 85.6 Å².